The Morgan fingerprint density at radius 3 is 1.80 bits per heavy atom. The van der Waals surface area contributed by atoms with Gasteiger partial charge >= 0.3 is 12.1 Å². The summed E-state index contributed by atoms with van der Waals surface area (Å²) in [7, 11) is 0. The number of carboxylic acid groups (broad SMARTS) is 1. The maximum Gasteiger partial charge on any atom is 0.408 e. The fourth-order valence-corrected chi connectivity index (χ4v) is 3.07. The molecule has 3 rings (SSSR count). The fourth-order valence-electron chi connectivity index (χ4n) is 3.07. The summed E-state index contributed by atoms with van der Waals surface area (Å²) in [6.45, 7) is 1.78. The number of para-hydroxylation sites is 2. The minimum atomic E-state index is -1.17. The van der Waals surface area contributed by atoms with E-state index in [-0.39, 0.29) is 6.54 Å². The van der Waals surface area contributed by atoms with Crippen LogP contribution in [0.5, 0.6) is 0 Å². The maximum absolute atomic E-state index is 12.4. The zero-order valence-electron chi connectivity index (χ0n) is 16.6. The van der Waals surface area contributed by atoms with Crippen LogP contribution in [0, 0.1) is 0 Å². The molecule has 0 spiro atoms. The van der Waals surface area contributed by atoms with Crippen LogP contribution in [0.1, 0.15) is 18.6 Å². The number of hydrogen-bond donors (Lipinski definition) is 2. The number of carboxylic acids is 1. The molecule has 2 unspecified atom stereocenters. The van der Waals surface area contributed by atoms with Gasteiger partial charge in [0.05, 0.1) is 6.54 Å². The van der Waals surface area contributed by atoms with E-state index in [4.69, 9.17) is 4.74 Å². The number of aliphatic carboxylic acids is 1. The largest absolute Gasteiger partial charge is 0.480 e. The number of anilines is 2. The molecule has 0 fully saturated rings. The van der Waals surface area contributed by atoms with Crippen molar-refractivity contribution < 1.29 is 19.4 Å². The van der Waals surface area contributed by atoms with Crippen molar-refractivity contribution in [2.24, 2.45) is 0 Å². The van der Waals surface area contributed by atoms with Gasteiger partial charge < -0.3 is 20.1 Å². The summed E-state index contributed by atoms with van der Waals surface area (Å²) in [5.41, 5.74) is 2.47. The Morgan fingerprint density at radius 1 is 0.867 bits per heavy atom. The first-order valence-corrected chi connectivity index (χ1v) is 9.67. The molecule has 154 valence electrons. The second-order valence-electron chi connectivity index (χ2n) is 6.78. The van der Waals surface area contributed by atoms with E-state index in [0.717, 1.165) is 16.9 Å². The standard InChI is InChI=1S/C24H24N2O4/c1-18(19-11-5-2-6-12-19)30-24(29)25-22(23(27)28)17-26(20-13-7-3-8-14-20)21-15-9-4-10-16-21/h2-16,18,22H,17H2,1H3,(H,25,29)(H,27,28). The van der Waals surface area contributed by atoms with Crippen molar-refractivity contribution >= 4 is 23.4 Å². The molecule has 0 saturated carbocycles. The van der Waals surface area contributed by atoms with Crippen molar-refractivity contribution in [3.05, 3.63) is 96.6 Å². The molecule has 0 saturated heterocycles. The Labute approximate surface area is 175 Å². The SMILES string of the molecule is CC(OC(=O)NC(CN(c1ccccc1)c1ccccc1)C(=O)O)c1ccccc1. The second-order valence-corrected chi connectivity index (χ2v) is 6.78. The molecule has 0 aliphatic rings. The van der Waals surface area contributed by atoms with Gasteiger partial charge in [-0.3, -0.25) is 0 Å². The zero-order chi connectivity index (χ0) is 21.3. The average Bonchev–Trinajstić information content (AvgIpc) is 2.78. The van der Waals surface area contributed by atoms with Crippen molar-refractivity contribution in [3.63, 3.8) is 0 Å². The Kier molecular flexibility index (Phi) is 7.05. The van der Waals surface area contributed by atoms with E-state index >= 15 is 0 Å². The van der Waals surface area contributed by atoms with Gasteiger partial charge in [0, 0.05) is 11.4 Å². The lowest BCUT2D eigenvalue weighted by molar-refractivity contribution is -0.139. The minimum Gasteiger partial charge on any atom is -0.480 e. The maximum atomic E-state index is 12.4. The Morgan fingerprint density at radius 2 is 1.33 bits per heavy atom. The predicted molar refractivity (Wildman–Crippen MR) is 116 cm³/mol. The number of alkyl carbamates (subject to hydrolysis) is 1. The van der Waals surface area contributed by atoms with Crippen LogP contribution in [-0.2, 0) is 9.53 Å². The number of ether oxygens (including phenoxy) is 1. The van der Waals surface area contributed by atoms with Gasteiger partial charge in [-0.15, -0.1) is 0 Å². The normalized spacial score (nSPS) is 12.4. The fraction of sp³-hybridized carbons (Fsp3) is 0.167. The molecule has 2 atom stereocenters. The third-order valence-electron chi connectivity index (χ3n) is 4.64. The molecule has 6 heteroatoms. The minimum absolute atomic E-state index is 0.0399. The number of nitrogens with zero attached hydrogens (tertiary/aromatic N) is 1. The Balaban J connectivity index is 1.74. The first-order chi connectivity index (χ1) is 14.5. The van der Waals surface area contributed by atoms with Crippen LogP contribution in [0.25, 0.3) is 0 Å². The molecule has 0 aliphatic heterocycles. The molecular weight excluding hydrogens is 380 g/mol. The lowest BCUT2D eigenvalue weighted by Crippen LogP contribution is -2.48. The van der Waals surface area contributed by atoms with Crippen LogP contribution in [-0.4, -0.2) is 29.8 Å². The number of benzene rings is 3. The number of hydrogen-bond acceptors (Lipinski definition) is 4. The van der Waals surface area contributed by atoms with Gasteiger partial charge in [-0.05, 0) is 36.8 Å². The predicted octanol–water partition coefficient (Wildman–Crippen LogP) is 4.77. The van der Waals surface area contributed by atoms with Crippen LogP contribution in [0.3, 0.4) is 0 Å². The third kappa shape index (κ3) is 5.61. The highest BCUT2D eigenvalue weighted by molar-refractivity contribution is 5.81. The molecule has 2 N–H and O–H groups in total. The van der Waals surface area contributed by atoms with E-state index in [2.05, 4.69) is 5.32 Å². The smallest absolute Gasteiger partial charge is 0.408 e. The van der Waals surface area contributed by atoms with Crippen molar-refractivity contribution in [2.45, 2.75) is 19.1 Å². The van der Waals surface area contributed by atoms with Gasteiger partial charge in [0.2, 0.25) is 0 Å². The lowest BCUT2D eigenvalue weighted by atomic mass is 10.1. The van der Waals surface area contributed by atoms with E-state index in [9.17, 15) is 14.7 Å². The summed E-state index contributed by atoms with van der Waals surface area (Å²) < 4.78 is 5.38. The molecule has 6 nitrogen and oxygen atoms in total. The third-order valence-corrected chi connectivity index (χ3v) is 4.64. The molecule has 3 aromatic carbocycles. The summed E-state index contributed by atoms with van der Waals surface area (Å²) in [5.74, 6) is -1.14. The molecule has 0 aromatic heterocycles. The van der Waals surface area contributed by atoms with Gasteiger partial charge in [0.15, 0.2) is 0 Å². The highest BCUT2D eigenvalue weighted by Gasteiger charge is 2.26. The van der Waals surface area contributed by atoms with Crippen LogP contribution < -0.4 is 10.2 Å². The van der Waals surface area contributed by atoms with E-state index in [1.54, 1.807) is 6.92 Å². The van der Waals surface area contributed by atoms with Crippen molar-refractivity contribution in [1.29, 1.82) is 0 Å². The molecule has 0 radical (unpaired) electrons. The molecule has 0 heterocycles. The first kappa shape index (κ1) is 20.9. The molecule has 0 aliphatic carbocycles. The molecule has 30 heavy (non-hydrogen) atoms. The van der Waals surface area contributed by atoms with E-state index in [1.165, 1.54) is 0 Å². The van der Waals surface area contributed by atoms with Crippen LogP contribution in [0.15, 0.2) is 91.0 Å². The van der Waals surface area contributed by atoms with Gasteiger partial charge in [-0.25, -0.2) is 9.59 Å². The van der Waals surface area contributed by atoms with Crippen LogP contribution in [0.2, 0.25) is 0 Å². The first-order valence-electron chi connectivity index (χ1n) is 9.67. The summed E-state index contributed by atoms with van der Waals surface area (Å²) in [6.07, 6.45) is -1.28. The second kappa shape index (κ2) is 10.1. The molecule has 3 aromatic rings. The molecule has 0 bridgehead atoms. The zero-order valence-corrected chi connectivity index (χ0v) is 16.6. The molecular formula is C24H24N2O4. The quantitative estimate of drug-likeness (QED) is 0.566. The highest BCUT2D eigenvalue weighted by Crippen LogP contribution is 2.25. The Hall–Kier alpha value is -3.80. The average molecular weight is 404 g/mol. The number of nitrogens with one attached hydrogen (secondary N) is 1. The summed E-state index contributed by atoms with van der Waals surface area (Å²) in [5, 5.41) is 12.2. The van der Waals surface area contributed by atoms with Crippen LogP contribution in [0.4, 0.5) is 16.2 Å². The van der Waals surface area contributed by atoms with Crippen LogP contribution >= 0.6 is 0 Å². The van der Waals surface area contributed by atoms with Gasteiger partial charge in [-0.1, -0.05) is 66.7 Å². The van der Waals surface area contributed by atoms with E-state index < -0.39 is 24.2 Å². The van der Waals surface area contributed by atoms with Gasteiger partial charge in [-0.2, -0.15) is 0 Å². The molecule has 1 amide bonds. The topological polar surface area (TPSA) is 78.9 Å². The number of carbonyl (C=O) groups is 2. The van der Waals surface area contributed by atoms with Crippen molar-refractivity contribution in [3.8, 4) is 0 Å². The van der Waals surface area contributed by atoms with Crippen molar-refractivity contribution in [2.75, 3.05) is 11.4 Å². The van der Waals surface area contributed by atoms with E-state index in [0.29, 0.717) is 0 Å². The summed E-state index contributed by atoms with van der Waals surface area (Å²) in [4.78, 5) is 26.1. The highest BCUT2D eigenvalue weighted by atomic mass is 16.6. The Bertz CT molecular complexity index is 909. The van der Waals surface area contributed by atoms with Crippen molar-refractivity contribution in [1.82, 2.24) is 5.32 Å². The van der Waals surface area contributed by atoms with Gasteiger partial charge in [0.25, 0.3) is 0 Å². The summed E-state index contributed by atoms with van der Waals surface area (Å²) in [6, 6.07) is 27.0. The summed E-state index contributed by atoms with van der Waals surface area (Å²) >= 11 is 0. The monoisotopic (exact) mass is 404 g/mol. The van der Waals surface area contributed by atoms with Gasteiger partial charge in [0.1, 0.15) is 12.1 Å². The van der Waals surface area contributed by atoms with E-state index in [1.807, 2.05) is 95.9 Å². The number of rotatable bonds is 8. The number of carbonyl (C=O) groups excluding carboxylic acids is 1. The number of amides is 1. The lowest BCUT2D eigenvalue weighted by Gasteiger charge is -2.28.